The molecular weight excluding hydrogens is 186 g/mol. The number of nitrogens with one attached hydrogen (secondary N) is 1. The minimum atomic E-state index is 0.337. The summed E-state index contributed by atoms with van der Waals surface area (Å²) in [4.78, 5) is 0. The van der Waals surface area contributed by atoms with E-state index < -0.39 is 0 Å². The molecule has 0 bridgehead atoms. The average molecular weight is 215 g/mol. The van der Waals surface area contributed by atoms with Gasteiger partial charge in [0.25, 0.3) is 0 Å². The van der Waals surface area contributed by atoms with E-state index in [1.807, 2.05) is 0 Å². The monoisotopic (exact) mass is 215 g/mol. The molecule has 15 heavy (non-hydrogen) atoms. The molecule has 2 heteroatoms. The molecule has 0 aromatic rings. The Balaban J connectivity index is 3.29. The highest BCUT2D eigenvalue weighted by Crippen LogP contribution is 2.18. The maximum Gasteiger partial charge on any atom is 0.0671 e. The van der Waals surface area contributed by atoms with Crippen molar-refractivity contribution in [2.24, 2.45) is 5.41 Å². The summed E-state index contributed by atoms with van der Waals surface area (Å²) in [7, 11) is 0. The lowest BCUT2D eigenvalue weighted by Gasteiger charge is -2.20. The van der Waals surface area contributed by atoms with Crippen LogP contribution in [-0.2, 0) is 4.74 Å². The van der Waals surface area contributed by atoms with E-state index in [0.717, 1.165) is 26.1 Å². The van der Waals surface area contributed by atoms with Crippen LogP contribution in [-0.4, -0.2) is 25.8 Å². The fourth-order valence-electron chi connectivity index (χ4n) is 1.23. The molecule has 1 N–H and O–H groups in total. The van der Waals surface area contributed by atoms with Crippen LogP contribution in [0.1, 0.15) is 53.9 Å². The highest BCUT2D eigenvalue weighted by Gasteiger charge is 2.10. The summed E-state index contributed by atoms with van der Waals surface area (Å²) in [5, 5.41) is 3.41. The molecule has 0 rings (SSSR count). The van der Waals surface area contributed by atoms with E-state index in [0.29, 0.717) is 11.5 Å². The predicted octanol–water partition coefficient (Wildman–Crippen LogP) is 3.22. The number of rotatable bonds is 8. The zero-order chi connectivity index (χ0) is 11.7. The standard InChI is InChI=1S/C13H29NO/c1-6-7-9-14-11-12(2)15-10-8-13(3,4)5/h12,14H,6-11H2,1-5H3. The first kappa shape index (κ1) is 14.9. The van der Waals surface area contributed by atoms with Crippen molar-refractivity contribution in [1.29, 1.82) is 0 Å². The van der Waals surface area contributed by atoms with E-state index in [2.05, 4.69) is 39.9 Å². The van der Waals surface area contributed by atoms with Gasteiger partial charge in [0.1, 0.15) is 0 Å². The predicted molar refractivity (Wildman–Crippen MR) is 67.3 cm³/mol. The van der Waals surface area contributed by atoms with Crippen molar-refractivity contribution >= 4 is 0 Å². The zero-order valence-corrected chi connectivity index (χ0v) is 11.2. The second-order valence-electron chi connectivity index (χ2n) is 5.55. The van der Waals surface area contributed by atoms with Gasteiger partial charge in [0.05, 0.1) is 6.10 Å². The van der Waals surface area contributed by atoms with Crippen LogP contribution < -0.4 is 5.32 Å². The Morgan fingerprint density at radius 2 is 1.93 bits per heavy atom. The topological polar surface area (TPSA) is 21.3 Å². The van der Waals surface area contributed by atoms with Gasteiger partial charge in [-0.25, -0.2) is 0 Å². The summed E-state index contributed by atoms with van der Waals surface area (Å²) in [6.45, 7) is 14.1. The van der Waals surface area contributed by atoms with Crippen molar-refractivity contribution < 1.29 is 4.74 Å². The van der Waals surface area contributed by atoms with Gasteiger partial charge in [0, 0.05) is 13.2 Å². The molecule has 0 aromatic carbocycles. The third kappa shape index (κ3) is 11.8. The van der Waals surface area contributed by atoms with Crippen LogP contribution in [0.15, 0.2) is 0 Å². The smallest absolute Gasteiger partial charge is 0.0671 e. The lowest BCUT2D eigenvalue weighted by Crippen LogP contribution is -2.28. The Hall–Kier alpha value is -0.0800. The van der Waals surface area contributed by atoms with Gasteiger partial charge < -0.3 is 10.1 Å². The first-order chi connectivity index (χ1) is 6.95. The van der Waals surface area contributed by atoms with Crippen molar-refractivity contribution in [1.82, 2.24) is 5.32 Å². The van der Waals surface area contributed by atoms with Gasteiger partial charge in [-0.3, -0.25) is 0 Å². The Morgan fingerprint density at radius 1 is 1.27 bits per heavy atom. The third-order valence-corrected chi connectivity index (χ3v) is 2.39. The highest BCUT2D eigenvalue weighted by atomic mass is 16.5. The summed E-state index contributed by atoms with van der Waals surface area (Å²) >= 11 is 0. The second-order valence-corrected chi connectivity index (χ2v) is 5.55. The number of unbranched alkanes of at least 4 members (excludes halogenated alkanes) is 1. The molecule has 0 amide bonds. The Morgan fingerprint density at radius 3 is 2.47 bits per heavy atom. The van der Waals surface area contributed by atoms with Gasteiger partial charge in [-0.05, 0) is 31.7 Å². The number of hydrogen-bond acceptors (Lipinski definition) is 2. The molecule has 0 aliphatic rings. The zero-order valence-electron chi connectivity index (χ0n) is 11.2. The second kappa shape index (κ2) is 8.12. The molecule has 0 spiro atoms. The molecular formula is C13H29NO. The van der Waals surface area contributed by atoms with Crippen molar-refractivity contribution in [3.63, 3.8) is 0 Å². The van der Waals surface area contributed by atoms with Gasteiger partial charge in [-0.2, -0.15) is 0 Å². The lowest BCUT2D eigenvalue weighted by molar-refractivity contribution is 0.0493. The van der Waals surface area contributed by atoms with Crippen molar-refractivity contribution in [3.8, 4) is 0 Å². The van der Waals surface area contributed by atoms with Crippen LogP contribution in [0.25, 0.3) is 0 Å². The van der Waals surface area contributed by atoms with Crippen LogP contribution in [0.3, 0.4) is 0 Å². The van der Waals surface area contributed by atoms with Gasteiger partial charge >= 0.3 is 0 Å². The van der Waals surface area contributed by atoms with Crippen molar-refractivity contribution in [3.05, 3.63) is 0 Å². The normalized spacial score (nSPS) is 14.2. The van der Waals surface area contributed by atoms with E-state index in [9.17, 15) is 0 Å². The Labute approximate surface area is 95.8 Å². The van der Waals surface area contributed by atoms with E-state index >= 15 is 0 Å². The molecule has 0 aliphatic heterocycles. The fourth-order valence-corrected chi connectivity index (χ4v) is 1.23. The molecule has 0 saturated heterocycles. The molecule has 0 fully saturated rings. The van der Waals surface area contributed by atoms with Crippen LogP contribution in [0, 0.1) is 5.41 Å². The minimum Gasteiger partial charge on any atom is -0.377 e. The molecule has 0 saturated carbocycles. The molecule has 0 aliphatic carbocycles. The van der Waals surface area contributed by atoms with Gasteiger partial charge in [0.2, 0.25) is 0 Å². The van der Waals surface area contributed by atoms with E-state index in [1.165, 1.54) is 12.8 Å². The molecule has 2 nitrogen and oxygen atoms in total. The summed E-state index contributed by atoms with van der Waals surface area (Å²) in [6, 6.07) is 0. The van der Waals surface area contributed by atoms with E-state index in [-0.39, 0.29) is 0 Å². The van der Waals surface area contributed by atoms with Crippen molar-refractivity contribution in [2.75, 3.05) is 19.7 Å². The number of hydrogen-bond donors (Lipinski definition) is 1. The maximum atomic E-state index is 5.74. The quantitative estimate of drug-likeness (QED) is 0.628. The molecule has 0 heterocycles. The van der Waals surface area contributed by atoms with Crippen LogP contribution >= 0.6 is 0 Å². The third-order valence-electron chi connectivity index (χ3n) is 2.39. The maximum absolute atomic E-state index is 5.74. The molecule has 92 valence electrons. The highest BCUT2D eigenvalue weighted by molar-refractivity contribution is 4.62. The SMILES string of the molecule is CCCCNCC(C)OCCC(C)(C)C. The molecule has 1 unspecified atom stereocenters. The minimum absolute atomic E-state index is 0.337. The van der Waals surface area contributed by atoms with Gasteiger partial charge in [-0.1, -0.05) is 34.1 Å². The van der Waals surface area contributed by atoms with Gasteiger partial charge in [0.15, 0.2) is 0 Å². The Kier molecular flexibility index (Phi) is 8.07. The summed E-state index contributed by atoms with van der Waals surface area (Å²) in [6.07, 6.45) is 3.98. The summed E-state index contributed by atoms with van der Waals surface area (Å²) in [5.74, 6) is 0. The Bertz CT molecular complexity index is 140. The van der Waals surface area contributed by atoms with Crippen molar-refractivity contribution in [2.45, 2.75) is 60.0 Å². The van der Waals surface area contributed by atoms with Crippen LogP contribution in [0.2, 0.25) is 0 Å². The molecule has 1 atom stereocenters. The first-order valence-electron chi connectivity index (χ1n) is 6.28. The number of ether oxygens (including phenoxy) is 1. The largest absolute Gasteiger partial charge is 0.377 e. The van der Waals surface area contributed by atoms with Crippen LogP contribution in [0.4, 0.5) is 0 Å². The molecule has 0 radical (unpaired) electrons. The van der Waals surface area contributed by atoms with E-state index in [4.69, 9.17) is 4.74 Å². The first-order valence-corrected chi connectivity index (χ1v) is 6.28. The average Bonchev–Trinajstić information content (AvgIpc) is 2.10. The summed E-state index contributed by atoms with van der Waals surface area (Å²) in [5.41, 5.74) is 0.384. The lowest BCUT2D eigenvalue weighted by atomic mass is 9.93. The summed E-state index contributed by atoms with van der Waals surface area (Å²) < 4.78 is 5.74. The van der Waals surface area contributed by atoms with Crippen LogP contribution in [0.5, 0.6) is 0 Å². The molecule has 0 aromatic heterocycles. The fraction of sp³-hybridized carbons (Fsp3) is 1.00. The van der Waals surface area contributed by atoms with E-state index in [1.54, 1.807) is 0 Å². The van der Waals surface area contributed by atoms with Gasteiger partial charge in [-0.15, -0.1) is 0 Å².